The zero-order valence-electron chi connectivity index (χ0n) is 8.90. The standard InChI is InChI=1S/C10H18N4/c1-3-5-14(6-4-2)10-8-12-7-9(11)13-10/h7-8H,3-6H2,1-2H3,(H2,11,13). The van der Waals surface area contributed by atoms with E-state index in [1.165, 1.54) is 0 Å². The Morgan fingerprint density at radius 1 is 1.21 bits per heavy atom. The fraction of sp³-hybridized carbons (Fsp3) is 0.600. The minimum atomic E-state index is 0.486. The fourth-order valence-electron chi connectivity index (χ4n) is 1.40. The van der Waals surface area contributed by atoms with Gasteiger partial charge in [0.05, 0.1) is 12.4 Å². The molecule has 1 aromatic rings. The molecule has 14 heavy (non-hydrogen) atoms. The molecular weight excluding hydrogens is 176 g/mol. The third-order valence-corrected chi connectivity index (χ3v) is 1.95. The van der Waals surface area contributed by atoms with Crippen LogP contribution in [0, 0.1) is 0 Å². The highest BCUT2D eigenvalue weighted by Gasteiger charge is 2.05. The van der Waals surface area contributed by atoms with Crippen molar-refractivity contribution >= 4 is 11.6 Å². The monoisotopic (exact) mass is 194 g/mol. The van der Waals surface area contributed by atoms with E-state index in [4.69, 9.17) is 5.73 Å². The van der Waals surface area contributed by atoms with Gasteiger partial charge in [-0.1, -0.05) is 13.8 Å². The molecule has 1 heterocycles. The molecule has 4 heteroatoms. The second-order valence-electron chi connectivity index (χ2n) is 3.29. The van der Waals surface area contributed by atoms with Crippen LogP contribution in [0.5, 0.6) is 0 Å². The summed E-state index contributed by atoms with van der Waals surface area (Å²) in [7, 11) is 0. The largest absolute Gasteiger partial charge is 0.382 e. The third kappa shape index (κ3) is 2.87. The highest BCUT2D eigenvalue weighted by molar-refractivity contribution is 5.41. The van der Waals surface area contributed by atoms with Crippen LogP contribution in [0.1, 0.15) is 26.7 Å². The Morgan fingerprint density at radius 3 is 2.36 bits per heavy atom. The molecule has 1 aromatic heterocycles. The van der Waals surface area contributed by atoms with Crippen LogP contribution in [0.15, 0.2) is 12.4 Å². The van der Waals surface area contributed by atoms with E-state index in [1.54, 1.807) is 12.4 Å². The molecule has 0 aliphatic rings. The Balaban J connectivity index is 2.75. The maximum absolute atomic E-state index is 5.59. The fourth-order valence-corrected chi connectivity index (χ4v) is 1.40. The van der Waals surface area contributed by atoms with Crippen molar-refractivity contribution in [2.24, 2.45) is 0 Å². The summed E-state index contributed by atoms with van der Waals surface area (Å²) in [5, 5.41) is 0. The van der Waals surface area contributed by atoms with Crippen LogP contribution in [0.3, 0.4) is 0 Å². The van der Waals surface area contributed by atoms with Gasteiger partial charge in [-0.25, -0.2) is 4.98 Å². The number of nitrogens with two attached hydrogens (primary N) is 1. The lowest BCUT2D eigenvalue weighted by Gasteiger charge is -2.21. The van der Waals surface area contributed by atoms with E-state index in [9.17, 15) is 0 Å². The SMILES string of the molecule is CCCN(CCC)c1cncc(N)n1. The number of nitrogen functional groups attached to an aromatic ring is 1. The van der Waals surface area contributed by atoms with E-state index in [0.29, 0.717) is 5.82 Å². The van der Waals surface area contributed by atoms with Gasteiger partial charge in [0, 0.05) is 13.1 Å². The van der Waals surface area contributed by atoms with E-state index in [1.807, 2.05) is 0 Å². The first kappa shape index (κ1) is 10.8. The number of aromatic nitrogens is 2. The molecule has 2 N–H and O–H groups in total. The number of hydrogen-bond acceptors (Lipinski definition) is 4. The zero-order valence-corrected chi connectivity index (χ0v) is 8.90. The quantitative estimate of drug-likeness (QED) is 0.775. The number of anilines is 2. The molecule has 0 atom stereocenters. The van der Waals surface area contributed by atoms with Gasteiger partial charge < -0.3 is 10.6 Å². The van der Waals surface area contributed by atoms with E-state index < -0.39 is 0 Å². The molecule has 0 aliphatic heterocycles. The van der Waals surface area contributed by atoms with Gasteiger partial charge in [-0.3, -0.25) is 4.98 Å². The maximum atomic E-state index is 5.59. The summed E-state index contributed by atoms with van der Waals surface area (Å²) in [6, 6.07) is 0. The Kier molecular flexibility index (Phi) is 4.16. The highest BCUT2D eigenvalue weighted by Crippen LogP contribution is 2.11. The lowest BCUT2D eigenvalue weighted by Crippen LogP contribution is -2.26. The average molecular weight is 194 g/mol. The van der Waals surface area contributed by atoms with Crippen molar-refractivity contribution in [3.8, 4) is 0 Å². The molecule has 0 saturated carbocycles. The van der Waals surface area contributed by atoms with Crippen molar-refractivity contribution in [1.29, 1.82) is 0 Å². The minimum Gasteiger partial charge on any atom is -0.382 e. The zero-order chi connectivity index (χ0) is 10.4. The van der Waals surface area contributed by atoms with Gasteiger partial charge in [0.1, 0.15) is 11.6 Å². The molecule has 0 unspecified atom stereocenters. The van der Waals surface area contributed by atoms with Crippen molar-refractivity contribution in [3.05, 3.63) is 12.4 Å². The van der Waals surface area contributed by atoms with Crippen LogP contribution >= 0.6 is 0 Å². The number of nitrogens with zero attached hydrogens (tertiary/aromatic N) is 3. The lowest BCUT2D eigenvalue weighted by atomic mass is 10.3. The van der Waals surface area contributed by atoms with Crippen LogP contribution in [-0.4, -0.2) is 23.1 Å². The molecule has 0 aliphatic carbocycles. The molecule has 0 aromatic carbocycles. The Labute approximate surface area is 85.2 Å². The van der Waals surface area contributed by atoms with Crippen molar-refractivity contribution in [2.45, 2.75) is 26.7 Å². The Bertz CT molecular complexity index is 269. The van der Waals surface area contributed by atoms with Crippen molar-refractivity contribution in [1.82, 2.24) is 9.97 Å². The molecule has 78 valence electrons. The summed E-state index contributed by atoms with van der Waals surface area (Å²) in [5.41, 5.74) is 5.59. The molecule has 0 fully saturated rings. The summed E-state index contributed by atoms with van der Waals surface area (Å²) in [4.78, 5) is 10.5. The molecule has 4 nitrogen and oxygen atoms in total. The topological polar surface area (TPSA) is 55.0 Å². The van der Waals surface area contributed by atoms with E-state index in [0.717, 1.165) is 31.7 Å². The molecule has 0 amide bonds. The summed E-state index contributed by atoms with van der Waals surface area (Å²) in [6.07, 6.45) is 5.55. The molecule has 0 saturated heterocycles. The first-order valence-corrected chi connectivity index (χ1v) is 5.10. The molecule has 0 bridgehead atoms. The van der Waals surface area contributed by atoms with Gasteiger partial charge in [-0.15, -0.1) is 0 Å². The van der Waals surface area contributed by atoms with Crippen LogP contribution in [0.2, 0.25) is 0 Å². The number of rotatable bonds is 5. The second kappa shape index (κ2) is 5.42. The van der Waals surface area contributed by atoms with Gasteiger partial charge in [0.2, 0.25) is 0 Å². The predicted molar refractivity (Wildman–Crippen MR) is 59.2 cm³/mol. The molecule has 0 spiro atoms. The lowest BCUT2D eigenvalue weighted by molar-refractivity contribution is 0.732. The average Bonchev–Trinajstić information content (AvgIpc) is 2.17. The van der Waals surface area contributed by atoms with E-state index >= 15 is 0 Å². The summed E-state index contributed by atoms with van der Waals surface area (Å²) >= 11 is 0. The van der Waals surface area contributed by atoms with E-state index in [2.05, 4.69) is 28.7 Å². The highest BCUT2D eigenvalue weighted by atomic mass is 15.2. The van der Waals surface area contributed by atoms with Crippen LogP contribution in [0.4, 0.5) is 11.6 Å². The summed E-state index contributed by atoms with van der Waals surface area (Å²) in [5.74, 6) is 1.37. The number of hydrogen-bond donors (Lipinski definition) is 1. The smallest absolute Gasteiger partial charge is 0.149 e. The third-order valence-electron chi connectivity index (χ3n) is 1.95. The molecule has 0 radical (unpaired) electrons. The van der Waals surface area contributed by atoms with Crippen molar-refractivity contribution in [3.63, 3.8) is 0 Å². The summed E-state index contributed by atoms with van der Waals surface area (Å²) in [6.45, 7) is 6.32. The Hall–Kier alpha value is -1.32. The van der Waals surface area contributed by atoms with Gasteiger partial charge in [0.15, 0.2) is 0 Å². The Morgan fingerprint density at radius 2 is 1.86 bits per heavy atom. The van der Waals surface area contributed by atoms with Crippen LogP contribution < -0.4 is 10.6 Å². The van der Waals surface area contributed by atoms with Gasteiger partial charge in [-0.2, -0.15) is 0 Å². The maximum Gasteiger partial charge on any atom is 0.149 e. The molecule has 1 rings (SSSR count). The van der Waals surface area contributed by atoms with Gasteiger partial charge >= 0.3 is 0 Å². The first-order valence-electron chi connectivity index (χ1n) is 5.10. The normalized spacial score (nSPS) is 10.1. The predicted octanol–water partition coefficient (Wildman–Crippen LogP) is 1.69. The second-order valence-corrected chi connectivity index (χ2v) is 3.29. The van der Waals surface area contributed by atoms with Crippen LogP contribution in [-0.2, 0) is 0 Å². The van der Waals surface area contributed by atoms with Gasteiger partial charge in [-0.05, 0) is 12.8 Å². The molecular formula is C10H18N4. The summed E-state index contributed by atoms with van der Waals surface area (Å²) < 4.78 is 0. The van der Waals surface area contributed by atoms with Gasteiger partial charge in [0.25, 0.3) is 0 Å². The van der Waals surface area contributed by atoms with Crippen molar-refractivity contribution < 1.29 is 0 Å². The van der Waals surface area contributed by atoms with Crippen molar-refractivity contribution in [2.75, 3.05) is 23.7 Å². The minimum absolute atomic E-state index is 0.486. The van der Waals surface area contributed by atoms with Crippen LogP contribution in [0.25, 0.3) is 0 Å². The first-order chi connectivity index (χ1) is 6.77. The van der Waals surface area contributed by atoms with E-state index in [-0.39, 0.29) is 0 Å².